The maximum atomic E-state index is 3.41. The van der Waals surface area contributed by atoms with Gasteiger partial charge in [0.15, 0.2) is 0 Å². The number of rotatable bonds is 0. The van der Waals surface area contributed by atoms with Crippen molar-refractivity contribution in [2.45, 2.75) is 30.9 Å². The molecule has 1 saturated heterocycles. The molecular weight excluding hydrogens is 154 g/mol. The van der Waals surface area contributed by atoms with Gasteiger partial charge in [-0.3, -0.25) is 0 Å². The molecule has 1 heterocycles. The van der Waals surface area contributed by atoms with E-state index in [1.807, 2.05) is 11.8 Å². The van der Waals surface area contributed by atoms with Crippen molar-refractivity contribution in [3.63, 3.8) is 0 Å². The second-order valence-corrected chi connectivity index (χ2v) is 4.88. The van der Waals surface area contributed by atoms with Crippen molar-refractivity contribution in [2.24, 2.45) is 0 Å². The number of nitrogens with one attached hydrogen (secondary N) is 1. The van der Waals surface area contributed by atoms with E-state index in [0.29, 0.717) is 4.87 Å². The maximum absolute atomic E-state index is 3.41. The van der Waals surface area contributed by atoms with Gasteiger partial charge >= 0.3 is 0 Å². The van der Waals surface area contributed by atoms with Crippen molar-refractivity contribution < 1.29 is 0 Å². The van der Waals surface area contributed by atoms with Crippen LogP contribution in [-0.2, 0) is 0 Å². The number of thioether (sulfide) groups is 1. The Morgan fingerprint density at radius 3 is 2.22 bits per heavy atom. The van der Waals surface area contributed by atoms with Crippen molar-refractivity contribution in [2.75, 3.05) is 6.54 Å². The minimum absolute atomic E-state index is 0. The first-order valence-electron chi connectivity index (χ1n) is 3.03. The number of hydrogen-bond donors (Lipinski definition) is 1. The third kappa shape index (κ3) is 2.78. The Hall–Kier alpha value is 0.600. The summed E-state index contributed by atoms with van der Waals surface area (Å²) in [6.45, 7) is 7.87. The average molecular weight is 168 g/mol. The zero-order valence-electron chi connectivity index (χ0n) is 6.10. The molecule has 0 saturated carbocycles. The highest BCUT2D eigenvalue weighted by Gasteiger charge is 2.27. The molecule has 3 heteroatoms. The molecule has 1 N–H and O–H groups in total. The maximum Gasteiger partial charge on any atom is 0.0591 e. The normalized spacial score (nSPS) is 31.7. The van der Waals surface area contributed by atoms with E-state index < -0.39 is 0 Å². The van der Waals surface area contributed by atoms with Crippen LogP contribution in [0.4, 0.5) is 0 Å². The molecule has 56 valence electrons. The van der Waals surface area contributed by atoms with E-state index in [0.717, 1.165) is 11.8 Å². The molecule has 0 radical (unpaired) electrons. The summed E-state index contributed by atoms with van der Waals surface area (Å²) in [5.41, 5.74) is 0. The number of hydrogen-bond acceptors (Lipinski definition) is 2. The molecular formula is C6H14ClNS. The number of halogens is 1. The van der Waals surface area contributed by atoms with Gasteiger partial charge in [0.2, 0.25) is 0 Å². The van der Waals surface area contributed by atoms with Gasteiger partial charge in [-0.25, -0.2) is 0 Å². The van der Waals surface area contributed by atoms with E-state index in [1.54, 1.807) is 0 Å². The van der Waals surface area contributed by atoms with E-state index in [-0.39, 0.29) is 12.4 Å². The van der Waals surface area contributed by atoms with Crippen LogP contribution in [0.25, 0.3) is 0 Å². The molecule has 1 aliphatic rings. The standard InChI is InChI=1S/C6H13NS.ClH/c1-5-4-7-6(2,3)8-5;/h5,7H,4H2,1-3H3;1H. The highest BCUT2D eigenvalue weighted by atomic mass is 35.5. The summed E-state index contributed by atoms with van der Waals surface area (Å²) in [4.78, 5) is 0.333. The highest BCUT2D eigenvalue weighted by molar-refractivity contribution is 8.01. The zero-order valence-corrected chi connectivity index (χ0v) is 7.73. The summed E-state index contributed by atoms with van der Waals surface area (Å²) in [6, 6.07) is 0. The van der Waals surface area contributed by atoms with E-state index in [9.17, 15) is 0 Å². The summed E-state index contributed by atoms with van der Waals surface area (Å²) in [5, 5.41) is 4.20. The lowest BCUT2D eigenvalue weighted by atomic mass is 10.4. The van der Waals surface area contributed by atoms with Crippen LogP contribution in [0, 0.1) is 0 Å². The molecule has 1 unspecified atom stereocenters. The third-order valence-electron chi connectivity index (χ3n) is 1.31. The molecule has 1 rings (SSSR count). The lowest BCUT2D eigenvalue weighted by molar-refractivity contribution is 0.582. The van der Waals surface area contributed by atoms with Crippen molar-refractivity contribution >= 4 is 24.2 Å². The third-order valence-corrected chi connectivity index (χ3v) is 2.61. The molecule has 1 fully saturated rings. The van der Waals surface area contributed by atoms with Gasteiger partial charge in [0.05, 0.1) is 4.87 Å². The second kappa shape index (κ2) is 3.13. The molecule has 9 heavy (non-hydrogen) atoms. The van der Waals surface area contributed by atoms with Gasteiger partial charge in [-0.1, -0.05) is 6.92 Å². The molecule has 0 aliphatic carbocycles. The van der Waals surface area contributed by atoms with Crippen molar-refractivity contribution in [3.05, 3.63) is 0 Å². The van der Waals surface area contributed by atoms with Gasteiger partial charge in [-0.2, -0.15) is 0 Å². The first-order chi connectivity index (χ1) is 3.60. The van der Waals surface area contributed by atoms with E-state index in [4.69, 9.17) is 0 Å². The fraction of sp³-hybridized carbons (Fsp3) is 1.00. The molecule has 1 nitrogen and oxygen atoms in total. The zero-order chi connectivity index (χ0) is 6.20. The first kappa shape index (κ1) is 9.60. The molecule has 1 aliphatic heterocycles. The van der Waals surface area contributed by atoms with Crippen molar-refractivity contribution in [1.82, 2.24) is 5.32 Å². The second-order valence-electron chi connectivity index (χ2n) is 2.82. The fourth-order valence-corrected chi connectivity index (χ4v) is 2.32. The van der Waals surface area contributed by atoms with E-state index in [1.165, 1.54) is 0 Å². The molecule has 0 amide bonds. The lowest BCUT2D eigenvalue weighted by Gasteiger charge is -2.15. The first-order valence-corrected chi connectivity index (χ1v) is 3.91. The Balaban J connectivity index is 0.000000640. The Morgan fingerprint density at radius 1 is 1.56 bits per heavy atom. The Kier molecular flexibility index (Phi) is 3.34. The molecule has 0 bridgehead atoms. The monoisotopic (exact) mass is 167 g/mol. The van der Waals surface area contributed by atoms with Crippen molar-refractivity contribution in [1.29, 1.82) is 0 Å². The van der Waals surface area contributed by atoms with E-state index >= 15 is 0 Å². The average Bonchev–Trinajstić information content (AvgIpc) is 1.82. The molecule has 0 aromatic rings. The lowest BCUT2D eigenvalue weighted by Crippen LogP contribution is -2.29. The summed E-state index contributed by atoms with van der Waals surface area (Å²) in [6.07, 6.45) is 0. The van der Waals surface area contributed by atoms with Gasteiger partial charge in [-0.15, -0.1) is 24.2 Å². The predicted octanol–water partition coefficient (Wildman–Crippen LogP) is 1.87. The topological polar surface area (TPSA) is 12.0 Å². The Bertz CT molecular complexity index is 95.1. The summed E-state index contributed by atoms with van der Waals surface area (Å²) < 4.78 is 0. The van der Waals surface area contributed by atoms with Gasteiger partial charge in [0, 0.05) is 11.8 Å². The quantitative estimate of drug-likeness (QED) is 0.592. The summed E-state index contributed by atoms with van der Waals surface area (Å²) >= 11 is 2.01. The molecule has 1 atom stereocenters. The smallest absolute Gasteiger partial charge is 0.0591 e. The van der Waals surface area contributed by atoms with Crippen molar-refractivity contribution in [3.8, 4) is 0 Å². The van der Waals surface area contributed by atoms with Crippen LogP contribution in [0.5, 0.6) is 0 Å². The van der Waals surface area contributed by atoms with Crippen LogP contribution in [0.2, 0.25) is 0 Å². The Morgan fingerprint density at radius 2 is 2.11 bits per heavy atom. The van der Waals surface area contributed by atoms with Crippen LogP contribution >= 0.6 is 24.2 Å². The van der Waals surface area contributed by atoms with E-state index in [2.05, 4.69) is 26.1 Å². The van der Waals surface area contributed by atoms with Crippen LogP contribution in [0.3, 0.4) is 0 Å². The summed E-state index contributed by atoms with van der Waals surface area (Å²) in [5.74, 6) is 0. The fourth-order valence-electron chi connectivity index (χ4n) is 0.976. The largest absolute Gasteiger partial charge is 0.302 e. The van der Waals surface area contributed by atoms with Gasteiger partial charge in [0.25, 0.3) is 0 Å². The Labute approximate surface area is 67.4 Å². The summed E-state index contributed by atoms with van der Waals surface area (Å²) in [7, 11) is 0. The minimum atomic E-state index is 0. The van der Waals surface area contributed by atoms with Crippen LogP contribution < -0.4 is 5.32 Å². The van der Waals surface area contributed by atoms with Crippen LogP contribution in [0.1, 0.15) is 20.8 Å². The highest BCUT2D eigenvalue weighted by Crippen LogP contribution is 2.30. The molecule has 0 aromatic heterocycles. The molecule has 0 aromatic carbocycles. The van der Waals surface area contributed by atoms with Crippen LogP contribution in [-0.4, -0.2) is 16.7 Å². The minimum Gasteiger partial charge on any atom is -0.302 e. The van der Waals surface area contributed by atoms with Gasteiger partial charge in [0.1, 0.15) is 0 Å². The van der Waals surface area contributed by atoms with Gasteiger partial charge < -0.3 is 5.32 Å². The predicted molar refractivity (Wildman–Crippen MR) is 46.4 cm³/mol. The SMILES string of the molecule is CC1CNC(C)(C)S1.Cl. The van der Waals surface area contributed by atoms with Crippen LogP contribution in [0.15, 0.2) is 0 Å². The molecule has 0 spiro atoms. The van der Waals surface area contributed by atoms with Gasteiger partial charge in [-0.05, 0) is 13.8 Å².